The largest absolute Gasteiger partial charge is 0.441 e. The first-order chi connectivity index (χ1) is 16.2. The molecule has 0 fully saturated rings. The number of amides is 1. The summed E-state index contributed by atoms with van der Waals surface area (Å²) in [5, 5.41) is 12.4. The standard InChI is InChI=1S/C25H24ClN5O2/c26-19-10-8-17(9-11-19)21-16-27-24(33-21)13-12-23(32)28-20-6-4-5-18(15-20)25-30-29-22-7-2-1-3-14-31(22)25/h4-6,8-11,15-16H,1-3,7,12-14H2,(H,28,32). The lowest BCUT2D eigenvalue weighted by molar-refractivity contribution is -0.116. The van der Waals surface area contributed by atoms with Crippen LogP contribution in [0, 0.1) is 0 Å². The van der Waals surface area contributed by atoms with Gasteiger partial charge in [0.25, 0.3) is 0 Å². The van der Waals surface area contributed by atoms with E-state index in [1.807, 2.05) is 36.4 Å². The van der Waals surface area contributed by atoms with Crippen LogP contribution in [-0.4, -0.2) is 25.7 Å². The topological polar surface area (TPSA) is 85.8 Å². The smallest absolute Gasteiger partial charge is 0.224 e. The Hall–Kier alpha value is -3.45. The van der Waals surface area contributed by atoms with Crippen LogP contribution in [0.1, 0.15) is 37.4 Å². The van der Waals surface area contributed by atoms with E-state index in [1.54, 1.807) is 18.3 Å². The molecule has 5 rings (SSSR count). The fraction of sp³-hybridized carbons (Fsp3) is 0.280. The summed E-state index contributed by atoms with van der Waals surface area (Å²) in [7, 11) is 0. The summed E-state index contributed by atoms with van der Waals surface area (Å²) in [6, 6.07) is 15.1. The number of oxazole rings is 1. The third kappa shape index (κ3) is 4.98. The average Bonchev–Trinajstić information content (AvgIpc) is 3.39. The maximum absolute atomic E-state index is 12.5. The summed E-state index contributed by atoms with van der Waals surface area (Å²) in [6.45, 7) is 0.933. The molecule has 0 atom stereocenters. The van der Waals surface area contributed by atoms with E-state index in [1.165, 1.54) is 6.42 Å². The zero-order valence-corrected chi connectivity index (χ0v) is 18.9. The van der Waals surface area contributed by atoms with E-state index in [0.29, 0.717) is 23.1 Å². The number of aryl methyl sites for hydroxylation is 2. The first-order valence-electron chi connectivity index (χ1n) is 11.2. The van der Waals surface area contributed by atoms with Crippen LogP contribution in [0.5, 0.6) is 0 Å². The zero-order valence-electron chi connectivity index (χ0n) is 18.1. The maximum atomic E-state index is 12.5. The maximum Gasteiger partial charge on any atom is 0.224 e. The van der Waals surface area contributed by atoms with Gasteiger partial charge >= 0.3 is 0 Å². The number of nitrogens with zero attached hydrogens (tertiary/aromatic N) is 4. The third-order valence-corrected chi connectivity index (χ3v) is 6.01. The van der Waals surface area contributed by atoms with Crippen LogP contribution in [0.4, 0.5) is 5.69 Å². The van der Waals surface area contributed by atoms with Gasteiger partial charge in [-0.05, 0) is 49.2 Å². The monoisotopic (exact) mass is 461 g/mol. The second kappa shape index (κ2) is 9.58. The number of benzene rings is 2. The molecule has 33 heavy (non-hydrogen) atoms. The van der Waals surface area contributed by atoms with Crippen LogP contribution in [0.15, 0.2) is 59.1 Å². The molecule has 0 bridgehead atoms. The highest BCUT2D eigenvalue weighted by Crippen LogP contribution is 2.25. The van der Waals surface area contributed by atoms with Gasteiger partial charge in [-0.25, -0.2) is 4.98 Å². The van der Waals surface area contributed by atoms with Crippen molar-refractivity contribution in [2.45, 2.75) is 45.1 Å². The number of fused-ring (bicyclic) bond motifs is 1. The summed E-state index contributed by atoms with van der Waals surface area (Å²) >= 11 is 5.93. The minimum absolute atomic E-state index is 0.0986. The van der Waals surface area contributed by atoms with Crippen LogP contribution >= 0.6 is 11.6 Å². The second-order valence-electron chi connectivity index (χ2n) is 8.16. The SMILES string of the molecule is O=C(CCc1ncc(-c2ccc(Cl)cc2)o1)Nc1cccc(-c2nnc3n2CCCCC3)c1. The Labute approximate surface area is 196 Å². The number of carbonyl (C=O) groups is 1. The van der Waals surface area contributed by atoms with E-state index in [0.717, 1.165) is 54.3 Å². The van der Waals surface area contributed by atoms with Crippen molar-refractivity contribution in [3.63, 3.8) is 0 Å². The molecule has 8 heteroatoms. The van der Waals surface area contributed by atoms with E-state index in [-0.39, 0.29) is 12.3 Å². The van der Waals surface area contributed by atoms with Crippen molar-refractivity contribution < 1.29 is 9.21 Å². The Bertz CT molecular complexity index is 1260. The molecule has 0 saturated heterocycles. The Morgan fingerprint density at radius 1 is 1.06 bits per heavy atom. The van der Waals surface area contributed by atoms with Crippen molar-refractivity contribution in [2.75, 3.05) is 5.32 Å². The fourth-order valence-electron chi connectivity index (χ4n) is 4.05. The highest BCUT2D eigenvalue weighted by Gasteiger charge is 2.16. The van der Waals surface area contributed by atoms with Gasteiger partial charge in [-0.1, -0.05) is 30.2 Å². The summed E-state index contributed by atoms with van der Waals surface area (Å²) in [5.41, 5.74) is 2.58. The Balaban J connectivity index is 1.22. The molecule has 4 aromatic rings. The molecular weight excluding hydrogens is 438 g/mol. The average molecular weight is 462 g/mol. The normalized spacial score (nSPS) is 13.4. The first kappa shape index (κ1) is 21.4. The number of anilines is 1. The van der Waals surface area contributed by atoms with Gasteiger partial charge in [0, 0.05) is 47.6 Å². The summed E-state index contributed by atoms with van der Waals surface area (Å²) in [4.78, 5) is 16.8. The number of rotatable bonds is 6. The molecule has 2 aromatic carbocycles. The Morgan fingerprint density at radius 2 is 1.94 bits per heavy atom. The lowest BCUT2D eigenvalue weighted by atomic mass is 10.1. The van der Waals surface area contributed by atoms with Crippen molar-refractivity contribution in [3.8, 4) is 22.7 Å². The van der Waals surface area contributed by atoms with Crippen molar-refractivity contribution in [2.24, 2.45) is 0 Å². The molecule has 2 aromatic heterocycles. The number of halogens is 1. The highest BCUT2D eigenvalue weighted by atomic mass is 35.5. The summed E-state index contributed by atoms with van der Waals surface area (Å²) < 4.78 is 7.99. The molecule has 7 nitrogen and oxygen atoms in total. The molecule has 0 saturated carbocycles. The van der Waals surface area contributed by atoms with Crippen LogP contribution in [0.25, 0.3) is 22.7 Å². The van der Waals surface area contributed by atoms with E-state index < -0.39 is 0 Å². The van der Waals surface area contributed by atoms with Crippen molar-refractivity contribution in [1.82, 2.24) is 19.7 Å². The molecule has 1 N–H and O–H groups in total. The minimum atomic E-state index is -0.0986. The van der Waals surface area contributed by atoms with Gasteiger partial charge in [0.15, 0.2) is 17.5 Å². The summed E-state index contributed by atoms with van der Waals surface area (Å²) in [5.74, 6) is 2.98. The number of hydrogen-bond acceptors (Lipinski definition) is 5. The molecule has 0 unspecified atom stereocenters. The molecule has 1 amide bonds. The molecule has 1 aliphatic rings. The number of aromatic nitrogens is 4. The lowest BCUT2D eigenvalue weighted by Gasteiger charge is -2.09. The second-order valence-corrected chi connectivity index (χ2v) is 8.59. The zero-order chi connectivity index (χ0) is 22.6. The van der Waals surface area contributed by atoms with Gasteiger partial charge in [0.2, 0.25) is 5.91 Å². The van der Waals surface area contributed by atoms with E-state index in [2.05, 4.69) is 25.1 Å². The minimum Gasteiger partial charge on any atom is -0.441 e. The predicted octanol–water partition coefficient (Wildman–Crippen LogP) is 5.55. The van der Waals surface area contributed by atoms with Gasteiger partial charge in [-0.15, -0.1) is 10.2 Å². The molecular formula is C25H24ClN5O2. The quantitative estimate of drug-likeness (QED) is 0.406. The molecule has 0 spiro atoms. The van der Waals surface area contributed by atoms with Crippen molar-refractivity contribution >= 4 is 23.2 Å². The number of carbonyl (C=O) groups excluding carboxylic acids is 1. The van der Waals surface area contributed by atoms with Crippen molar-refractivity contribution in [3.05, 3.63) is 71.5 Å². The van der Waals surface area contributed by atoms with Crippen LogP contribution in [0.2, 0.25) is 5.02 Å². The predicted molar refractivity (Wildman–Crippen MR) is 127 cm³/mol. The lowest BCUT2D eigenvalue weighted by Crippen LogP contribution is -2.12. The molecule has 3 heterocycles. The van der Waals surface area contributed by atoms with E-state index >= 15 is 0 Å². The Morgan fingerprint density at radius 3 is 2.82 bits per heavy atom. The van der Waals surface area contributed by atoms with Crippen LogP contribution in [-0.2, 0) is 24.2 Å². The van der Waals surface area contributed by atoms with Crippen LogP contribution < -0.4 is 5.32 Å². The highest BCUT2D eigenvalue weighted by molar-refractivity contribution is 6.30. The van der Waals surface area contributed by atoms with Gasteiger partial charge < -0.3 is 14.3 Å². The number of nitrogens with one attached hydrogen (secondary N) is 1. The van der Waals surface area contributed by atoms with Crippen molar-refractivity contribution in [1.29, 1.82) is 0 Å². The fourth-order valence-corrected chi connectivity index (χ4v) is 4.18. The molecule has 1 aliphatic heterocycles. The van der Waals surface area contributed by atoms with E-state index in [9.17, 15) is 4.79 Å². The third-order valence-electron chi connectivity index (χ3n) is 5.76. The van der Waals surface area contributed by atoms with Gasteiger partial charge in [0.1, 0.15) is 5.82 Å². The van der Waals surface area contributed by atoms with Gasteiger partial charge in [-0.3, -0.25) is 4.79 Å². The van der Waals surface area contributed by atoms with Gasteiger partial charge in [0.05, 0.1) is 6.20 Å². The first-order valence-corrected chi connectivity index (χ1v) is 11.6. The number of hydrogen-bond donors (Lipinski definition) is 1. The summed E-state index contributed by atoms with van der Waals surface area (Å²) in [6.07, 6.45) is 6.81. The van der Waals surface area contributed by atoms with Crippen LogP contribution in [0.3, 0.4) is 0 Å². The van der Waals surface area contributed by atoms with Gasteiger partial charge in [-0.2, -0.15) is 0 Å². The molecule has 168 valence electrons. The Kier molecular flexibility index (Phi) is 6.21. The molecule has 0 aliphatic carbocycles. The molecule has 0 radical (unpaired) electrons. The van der Waals surface area contributed by atoms with E-state index in [4.69, 9.17) is 16.0 Å².